The molecule has 1 fully saturated rings. The second-order valence-electron chi connectivity index (χ2n) is 6.24. The number of aryl methyl sites for hydroxylation is 1. The molecule has 7 nitrogen and oxygen atoms in total. The molecule has 0 aliphatic carbocycles. The van der Waals surface area contributed by atoms with Crippen molar-refractivity contribution in [3.63, 3.8) is 0 Å². The molecule has 0 unspecified atom stereocenters. The zero-order chi connectivity index (χ0) is 18.6. The third kappa shape index (κ3) is 4.20. The summed E-state index contributed by atoms with van der Waals surface area (Å²) >= 11 is 0. The number of benzene rings is 1. The van der Waals surface area contributed by atoms with Gasteiger partial charge in [-0.25, -0.2) is 13.8 Å². The standard InChI is InChI=1S/C18H21N3O4S/c1-14-4-6-17(7-5-14)26(23,24)21-10-8-15(9-11-21)18(22)20-19-13-16-3-2-12-25-16/h2-7,12-13,15H,8-11H2,1H3,(H,20,22)/b19-13+. The molecule has 1 aromatic carbocycles. The SMILES string of the molecule is Cc1ccc(S(=O)(=O)N2CCC(C(=O)N/N=C/c3ccco3)CC2)cc1. The Bertz CT molecular complexity index is 866. The predicted octanol–water partition coefficient (Wildman–Crippen LogP) is 2.14. The van der Waals surface area contributed by atoms with E-state index in [9.17, 15) is 13.2 Å². The number of hydrogen-bond acceptors (Lipinski definition) is 5. The highest BCUT2D eigenvalue weighted by Crippen LogP contribution is 2.24. The summed E-state index contributed by atoms with van der Waals surface area (Å²) in [7, 11) is -3.51. The number of hydrazone groups is 1. The van der Waals surface area contributed by atoms with E-state index in [1.54, 1.807) is 36.4 Å². The minimum absolute atomic E-state index is 0.208. The van der Waals surface area contributed by atoms with Gasteiger partial charge >= 0.3 is 0 Å². The highest BCUT2D eigenvalue weighted by molar-refractivity contribution is 7.89. The summed E-state index contributed by atoms with van der Waals surface area (Å²) in [4.78, 5) is 12.5. The Balaban J connectivity index is 1.55. The number of amides is 1. The summed E-state index contributed by atoms with van der Waals surface area (Å²) in [5.41, 5.74) is 3.49. The fourth-order valence-electron chi connectivity index (χ4n) is 2.83. The van der Waals surface area contributed by atoms with Crippen LogP contribution in [0, 0.1) is 12.8 Å². The molecule has 1 aliphatic rings. The van der Waals surface area contributed by atoms with Gasteiger partial charge in [0.15, 0.2) is 0 Å². The monoisotopic (exact) mass is 375 g/mol. The Morgan fingerprint density at radius 1 is 1.23 bits per heavy atom. The van der Waals surface area contributed by atoms with Gasteiger partial charge in [-0.05, 0) is 44.0 Å². The van der Waals surface area contributed by atoms with Crippen molar-refractivity contribution in [1.29, 1.82) is 0 Å². The van der Waals surface area contributed by atoms with Gasteiger partial charge in [-0.2, -0.15) is 9.41 Å². The van der Waals surface area contributed by atoms with Gasteiger partial charge < -0.3 is 4.42 Å². The van der Waals surface area contributed by atoms with Crippen molar-refractivity contribution in [3.8, 4) is 0 Å². The van der Waals surface area contributed by atoms with Gasteiger partial charge in [-0.3, -0.25) is 4.79 Å². The van der Waals surface area contributed by atoms with E-state index in [1.807, 2.05) is 6.92 Å². The van der Waals surface area contributed by atoms with Crippen molar-refractivity contribution >= 4 is 22.1 Å². The highest BCUT2D eigenvalue weighted by atomic mass is 32.2. The maximum absolute atomic E-state index is 12.7. The van der Waals surface area contributed by atoms with Crippen LogP contribution in [0.4, 0.5) is 0 Å². The Morgan fingerprint density at radius 2 is 1.92 bits per heavy atom. The molecule has 0 atom stereocenters. The molecule has 0 saturated carbocycles. The molecule has 3 rings (SSSR count). The zero-order valence-electron chi connectivity index (χ0n) is 14.5. The van der Waals surface area contributed by atoms with Crippen molar-refractivity contribution in [2.24, 2.45) is 11.0 Å². The largest absolute Gasteiger partial charge is 0.463 e. The number of carbonyl (C=O) groups is 1. The van der Waals surface area contributed by atoms with Crippen LogP contribution in [0.5, 0.6) is 0 Å². The van der Waals surface area contributed by atoms with Crippen LogP contribution in [-0.4, -0.2) is 37.9 Å². The van der Waals surface area contributed by atoms with Crippen molar-refractivity contribution < 1.29 is 17.6 Å². The maximum Gasteiger partial charge on any atom is 0.243 e. The van der Waals surface area contributed by atoms with Crippen LogP contribution in [0.3, 0.4) is 0 Å². The second kappa shape index (κ2) is 7.84. The Labute approximate surface area is 152 Å². The third-order valence-electron chi connectivity index (χ3n) is 4.39. The van der Waals surface area contributed by atoms with Crippen LogP contribution >= 0.6 is 0 Å². The minimum atomic E-state index is -3.51. The van der Waals surface area contributed by atoms with E-state index in [-0.39, 0.29) is 16.7 Å². The second-order valence-corrected chi connectivity index (χ2v) is 8.18. The number of nitrogens with one attached hydrogen (secondary N) is 1. The topological polar surface area (TPSA) is 92.0 Å². The summed E-state index contributed by atoms with van der Waals surface area (Å²) in [5, 5.41) is 3.86. The average molecular weight is 375 g/mol. The van der Waals surface area contributed by atoms with Crippen molar-refractivity contribution in [1.82, 2.24) is 9.73 Å². The molecule has 0 radical (unpaired) electrons. The number of piperidine rings is 1. The summed E-state index contributed by atoms with van der Waals surface area (Å²) < 4.78 is 31.9. The van der Waals surface area contributed by atoms with E-state index in [1.165, 1.54) is 16.8 Å². The zero-order valence-corrected chi connectivity index (χ0v) is 15.3. The molecular formula is C18H21N3O4S. The average Bonchev–Trinajstić information content (AvgIpc) is 3.15. The molecule has 2 heterocycles. The number of sulfonamides is 1. The van der Waals surface area contributed by atoms with Crippen molar-refractivity contribution in [3.05, 3.63) is 54.0 Å². The molecule has 138 valence electrons. The van der Waals surface area contributed by atoms with Gasteiger partial charge in [0.2, 0.25) is 15.9 Å². The Hall–Kier alpha value is -2.45. The number of furan rings is 1. The first-order valence-electron chi connectivity index (χ1n) is 8.40. The third-order valence-corrected chi connectivity index (χ3v) is 6.31. The predicted molar refractivity (Wildman–Crippen MR) is 97.1 cm³/mol. The smallest absolute Gasteiger partial charge is 0.243 e. The van der Waals surface area contributed by atoms with Gasteiger partial charge in [0.05, 0.1) is 17.4 Å². The van der Waals surface area contributed by atoms with Crippen molar-refractivity contribution in [2.45, 2.75) is 24.7 Å². The lowest BCUT2D eigenvalue weighted by molar-refractivity contribution is -0.126. The first-order valence-corrected chi connectivity index (χ1v) is 9.84. The molecule has 0 bridgehead atoms. The number of rotatable bonds is 5. The molecule has 1 saturated heterocycles. The summed E-state index contributed by atoms with van der Waals surface area (Å²) in [6.07, 6.45) is 3.88. The summed E-state index contributed by atoms with van der Waals surface area (Å²) in [6, 6.07) is 10.3. The number of carbonyl (C=O) groups excluding carboxylic acids is 1. The Morgan fingerprint density at radius 3 is 2.54 bits per heavy atom. The fraction of sp³-hybridized carbons (Fsp3) is 0.333. The molecule has 1 aromatic heterocycles. The first-order chi connectivity index (χ1) is 12.5. The van der Waals surface area contributed by atoms with Crippen LogP contribution in [0.1, 0.15) is 24.2 Å². The molecule has 1 amide bonds. The van der Waals surface area contributed by atoms with Crippen LogP contribution < -0.4 is 5.43 Å². The van der Waals surface area contributed by atoms with Crippen LogP contribution in [0.2, 0.25) is 0 Å². The van der Waals surface area contributed by atoms with E-state index < -0.39 is 10.0 Å². The van der Waals surface area contributed by atoms with E-state index >= 15 is 0 Å². The first kappa shape index (κ1) is 18.3. The molecule has 1 aliphatic heterocycles. The van der Waals surface area contributed by atoms with Crippen molar-refractivity contribution in [2.75, 3.05) is 13.1 Å². The quantitative estimate of drug-likeness (QED) is 0.640. The summed E-state index contributed by atoms with van der Waals surface area (Å²) in [6.45, 7) is 2.54. The van der Waals surface area contributed by atoms with E-state index in [0.717, 1.165) is 5.56 Å². The van der Waals surface area contributed by atoms with Crippen LogP contribution in [0.15, 0.2) is 57.1 Å². The normalized spacial score (nSPS) is 16.8. The fourth-order valence-corrected chi connectivity index (χ4v) is 4.30. The van der Waals surface area contributed by atoms with Crippen LogP contribution in [0.25, 0.3) is 0 Å². The lowest BCUT2D eigenvalue weighted by Gasteiger charge is -2.30. The molecule has 26 heavy (non-hydrogen) atoms. The van der Waals surface area contributed by atoms with Gasteiger partial charge in [-0.1, -0.05) is 17.7 Å². The van der Waals surface area contributed by atoms with E-state index in [0.29, 0.717) is 31.7 Å². The van der Waals surface area contributed by atoms with Crippen LogP contribution in [-0.2, 0) is 14.8 Å². The molecule has 1 N–H and O–H groups in total. The summed E-state index contributed by atoms with van der Waals surface area (Å²) in [5.74, 6) is 0.0812. The number of hydrogen-bond donors (Lipinski definition) is 1. The van der Waals surface area contributed by atoms with E-state index in [4.69, 9.17) is 4.42 Å². The highest BCUT2D eigenvalue weighted by Gasteiger charge is 2.31. The molecular weight excluding hydrogens is 354 g/mol. The van der Waals surface area contributed by atoms with Gasteiger partial charge in [0.1, 0.15) is 5.76 Å². The molecule has 0 spiro atoms. The van der Waals surface area contributed by atoms with E-state index in [2.05, 4.69) is 10.5 Å². The van der Waals surface area contributed by atoms with Gasteiger partial charge in [0.25, 0.3) is 0 Å². The van der Waals surface area contributed by atoms with Gasteiger partial charge in [-0.15, -0.1) is 0 Å². The lowest BCUT2D eigenvalue weighted by Crippen LogP contribution is -2.42. The number of nitrogens with zero attached hydrogens (tertiary/aromatic N) is 2. The lowest BCUT2D eigenvalue weighted by atomic mass is 9.98. The Kier molecular flexibility index (Phi) is 5.53. The molecule has 8 heteroatoms. The van der Waals surface area contributed by atoms with Gasteiger partial charge in [0, 0.05) is 19.0 Å². The molecule has 2 aromatic rings. The minimum Gasteiger partial charge on any atom is -0.463 e. The maximum atomic E-state index is 12.7.